The standard InChI is InChI=1S/C16H19N7O/c1-3-22-11-12(24-14-7-5-4-6-13(14)22)10-21(2)16-9-17-8-15-18-19-20-23(15)16/h4-9,12H,3,10-11H2,1-2H3. The van der Waals surface area contributed by atoms with E-state index in [1.165, 1.54) is 0 Å². The van der Waals surface area contributed by atoms with Crippen LogP contribution in [0, 0.1) is 0 Å². The third-order valence-corrected chi connectivity index (χ3v) is 4.26. The number of para-hydroxylation sites is 2. The molecule has 0 N–H and O–H groups in total. The molecule has 3 aromatic rings. The number of benzene rings is 1. The molecular formula is C16H19N7O. The van der Waals surface area contributed by atoms with Crippen molar-refractivity contribution in [2.45, 2.75) is 13.0 Å². The normalized spacial score (nSPS) is 16.8. The van der Waals surface area contributed by atoms with Gasteiger partial charge >= 0.3 is 0 Å². The Hall–Kier alpha value is -2.90. The molecule has 1 atom stereocenters. The van der Waals surface area contributed by atoms with Crippen molar-refractivity contribution in [1.82, 2.24) is 25.0 Å². The summed E-state index contributed by atoms with van der Waals surface area (Å²) in [5.41, 5.74) is 1.78. The summed E-state index contributed by atoms with van der Waals surface area (Å²) in [6, 6.07) is 8.17. The van der Waals surface area contributed by atoms with Gasteiger partial charge in [0.1, 0.15) is 11.9 Å². The zero-order valence-electron chi connectivity index (χ0n) is 13.7. The SMILES string of the molecule is CCN1CC(CN(C)c2cncc3nnnn23)Oc2ccccc21. The molecule has 24 heavy (non-hydrogen) atoms. The molecule has 0 fully saturated rings. The molecule has 0 bridgehead atoms. The van der Waals surface area contributed by atoms with Gasteiger partial charge in [0, 0.05) is 13.6 Å². The van der Waals surface area contributed by atoms with Crippen molar-refractivity contribution in [3.8, 4) is 5.75 Å². The van der Waals surface area contributed by atoms with E-state index in [1.54, 1.807) is 16.9 Å². The maximum absolute atomic E-state index is 6.19. The monoisotopic (exact) mass is 325 g/mol. The molecule has 0 aliphatic carbocycles. The van der Waals surface area contributed by atoms with Crippen LogP contribution in [0.4, 0.5) is 11.5 Å². The van der Waals surface area contributed by atoms with Crippen molar-refractivity contribution in [2.24, 2.45) is 0 Å². The van der Waals surface area contributed by atoms with Gasteiger partial charge in [0.25, 0.3) is 0 Å². The Morgan fingerprint density at radius 1 is 1.29 bits per heavy atom. The van der Waals surface area contributed by atoms with Crippen molar-refractivity contribution >= 4 is 17.2 Å². The van der Waals surface area contributed by atoms with Crippen molar-refractivity contribution in [3.63, 3.8) is 0 Å². The van der Waals surface area contributed by atoms with Crippen LogP contribution in [0.15, 0.2) is 36.7 Å². The van der Waals surface area contributed by atoms with Crippen LogP contribution in [-0.4, -0.2) is 57.8 Å². The van der Waals surface area contributed by atoms with Gasteiger partial charge in [-0.05, 0) is 29.5 Å². The Bertz CT molecular complexity index is 849. The Balaban J connectivity index is 1.56. The van der Waals surface area contributed by atoms with E-state index in [-0.39, 0.29) is 6.10 Å². The lowest BCUT2D eigenvalue weighted by atomic mass is 10.2. The lowest BCUT2D eigenvalue weighted by Crippen LogP contribution is -2.46. The number of ether oxygens (including phenoxy) is 1. The molecule has 0 amide bonds. The van der Waals surface area contributed by atoms with Crippen molar-refractivity contribution in [3.05, 3.63) is 36.7 Å². The summed E-state index contributed by atoms with van der Waals surface area (Å²) < 4.78 is 7.87. The van der Waals surface area contributed by atoms with Crippen molar-refractivity contribution < 1.29 is 4.74 Å². The summed E-state index contributed by atoms with van der Waals surface area (Å²) in [5.74, 6) is 1.77. The van der Waals surface area contributed by atoms with Crippen LogP contribution in [0.25, 0.3) is 5.65 Å². The van der Waals surface area contributed by atoms with Crippen LogP contribution >= 0.6 is 0 Å². The Labute approximate surface area is 139 Å². The first kappa shape index (κ1) is 14.7. The van der Waals surface area contributed by atoms with Crippen LogP contribution in [0.1, 0.15) is 6.92 Å². The third kappa shape index (κ3) is 2.49. The molecule has 3 heterocycles. The summed E-state index contributed by atoms with van der Waals surface area (Å²) in [5, 5.41) is 11.7. The molecule has 1 aliphatic rings. The van der Waals surface area contributed by atoms with Gasteiger partial charge in [-0.3, -0.25) is 4.98 Å². The average molecular weight is 325 g/mol. The number of anilines is 2. The van der Waals surface area contributed by atoms with Gasteiger partial charge in [0.05, 0.1) is 31.2 Å². The van der Waals surface area contributed by atoms with Crippen LogP contribution in [0.2, 0.25) is 0 Å². The highest BCUT2D eigenvalue weighted by molar-refractivity contribution is 5.60. The summed E-state index contributed by atoms with van der Waals surface area (Å²) in [6.45, 7) is 4.67. The minimum absolute atomic E-state index is 0.0524. The molecule has 1 unspecified atom stereocenters. The Kier molecular flexibility index (Phi) is 3.64. The minimum Gasteiger partial charge on any atom is -0.485 e. The molecule has 0 saturated carbocycles. The Morgan fingerprint density at radius 2 is 2.17 bits per heavy atom. The van der Waals surface area contributed by atoms with Crippen LogP contribution in [0.5, 0.6) is 5.75 Å². The molecular weight excluding hydrogens is 306 g/mol. The Morgan fingerprint density at radius 3 is 3.04 bits per heavy atom. The van der Waals surface area contributed by atoms with Gasteiger partial charge in [-0.15, -0.1) is 5.10 Å². The predicted octanol–water partition coefficient (Wildman–Crippen LogP) is 1.24. The zero-order chi connectivity index (χ0) is 16.5. The first-order chi connectivity index (χ1) is 11.8. The quantitative estimate of drug-likeness (QED) is 0.714. The number of fused-ring (bicyclic) bond motifs is 2. The predicted molar refractivity (Wildman–Crippen MR) is 90.6 cm³/mol. The van der Waals surface area contributed by atoms with E-state index < -0.39 is 0 Å². The second-order valence-electron chi connectivity index (χ2n) is 5.84. The molecule has 2 aromatic heterocycles. The summed E-state index contributed by atoms with van der Waals surface area (Å²) in [6.07, 6.45) is 3.46. The minimum atomic E-state index is 0.0524. The highest BCUT2D eigenvalue weighted by Gasteiger charge is 2.26. The molecule has 1 aromatic carbocycles. The highest BCUT2D eigenvalue weighted by atomic mass is 16.5. The number of nitrogens with zero attached hydrogens (tertiary/aromatic N) is 7. The maximum atomic E-state index is 6.19. The molecule has 4 rings (SSSR count). The van der Waals surface area contributed by atoms with Crippen molar-refractivity contribution in [1.29, 1.82) is 0 Å². The number of tetrazole rings is 1. The highest BCUT2D eigenvalue weighted by Crippen LogP contribution is 2.33. The van der Waals surface area contributed by atoms with Gasteiger partial charge in [-0.1, -0.05) is 12.1 Å². The lowest BCUT2D eigenvalue weighted by molar-refractivity contribution is 0.199. The van der Waals surface area contributed by atoms with Crippen LogP contribution < -0.4 is 14.5 Å². The van der Waals surface area contributed by atoms with Crippen LogP contribution in [-0.2, 0) is 0 Å². The fraction of sp³-hybridized carbons (Fsp3) is 0.375. The third-order valence-electron chi connectivity index (χ3n) is 4.26. The van der Waals surface area contributed by atoms with E-state index in [0.717, 1.165) is 30.3 Å². The zero-order valence-corrected chi connectivity index (χ0v) is 13.7. The summed E-state index contributed by atoms with van der Waals surface area (Å²) in [7, 11) is 2.00. The number of hydrogen-bond acceptors (Lipinski definition) is 7. The average Bonchev–Trinajstić information content (AvgIpc) is 3.09. The van der Waals surface area contributed by atoms with E-state index >= 15 is 0 Å². The topological polar surface area (TPSA) is 71.7 Å². The van der Waals surface area contributed by atoms with Gasteiger partial charge in [-0.2, -0.15) is 4.52 Å². The van der Waals surface area contributed by atoms with Gasteiger partial charge in [-0.25, -0.2) is 0 Å². The summed E-state index contributed by atoms with van der Waals surface area (Å²) >= 11 is 0. The van der Waals surface area contributed by atoms with E-state index in [2.05, 4.69) is 43.3 Å². The molecule has 1 aliphatic heterocycles. The summed E-state index contributed by atoms with van der Waals surface area (Å²) in [4.78, 5) is 8.62. The van der Waals surface area contributed by atoms with E-state index in [1.807, 2.05) is 25.2 Å². The van der Waals surface area contributed by atoms with Crippen LogP contribution in [0.3, 0.4) is 0 Å². The molecule has 0 saturated heterocycles. The smallest absolute Gasteiger partial charge is 0.199 e. The van der Waals surface area contributed by atoms with E-state index in [4.69, 9.17) is 4.74 Å². The first-order valence-corrected chi connectivity index (χ1v) is 8.00. The number of likely N-dealkylation sites (N-methyl/N-ethyl adjacent to an activating group) is 2. The van der Waals surface area contributed by atoms with E-state index in [9.17, 15) is 0 Å². The van der Waals surface area contributed by atoms with Gasteiger partial charge < -0.3 is 14.5 Å². The molecule has 0 spiro atoms. The number of aromatic nitrogens is 5. The van der Waals surface area contributed by atoms with E-state index in [0.29, 0.717) is 12.2 Å². The van der Waals surface area contributed by atoms with Crippen molar-refractivity contribution in [2.75, 3.05) is 36.5 Å². The first-order valence-electron chi connectivity index (χ1n) is 8.00. The van der Waals surface area contributed by atoms with Gasteiger partial charge in [0.2, 0.25) is 0 Å². The molecule has 0 radical (unpaired) electrons. The van der Waals surface area contributed by atoms with Gasteiger partial charge in [0.15, 0.2) is 11.5 Å². The number of rotatable bonds is 4. The number of hydrogen-bond donors (Lipinski definition) is 0. The fourth-order valence-corrected chi connectivity index (χ4v) is 3.10. The molecule has 124 valence electrons. The molecule has 8 nitrogen and oxygen atoms in total. The second-order valence-corrected chi connectivity index (χ2v) is 5.84. The largest absolute Gasteiger partial charge is 0.485 e. The molecule has 8 heteroatoms. The lowest BCUT2D eigenvalue weighted by Gasteiger charge is -2.37. The maximum Gasteiger partial charge on any atom is 0.199 e. The second kappa shape index (κ2) is 5.95. The fourth-order valence-electron chi connectivity index (χ4n) is 3.10.